The van der Waals surface area contributed by atoms with Crippen molar-refractivity contribution in [1.29, 1.82) is 0 Å². The zero-order chi connectivity index (χ0) is 97.9. The summed E-state index contributed by atoms with van der Waals surface area (Å²) in [5.41, 5.74) is 26.3. The van der Waals surface area contributed by atoms with E-state index in [2.05, 4.69) is 301 Å². The molecule has 5 unspecified atom stereocenters. The lowest BCUT2D eigenvalue weighted by Crippen LogP contribution is -2.42. The molecular weight excluding hydrogens is 1860 g/mol. The van der Waals surface area contributed by atoms with E-state index in [0.29, 0.717) is 0 Å². The first-order chi connectivity index (χ1) is 71.0. The number of hydrogen-bond donors (Lipinski definition) is 0. The lowest BCUT2D eigenvalue weighted by molar-refractivity contribution is 0.591. The molecule has 6 heterocycles. The lowest BCUT2D eigenvalue weighted by Gasteiger charge is -2.29. The summed E-state index contributed by atoms with van der Waals surface area (Å²) in [6.45, 7) is 9.35. The van der Waals surface area contributed by atoms with Crippen LogP contribution in [0.3, 0.4) is 0 Å². The van der Waals surface area contributed by atoms with Crippen LogP contribution in [0.25, 0.3) is 76.5 Å². The second kappa shape index (κ2) is 34.7. The molecule has 21 aromatic carbocycles. The summed E-state index contributed by atoms with van der Waals surface area (Å²) in [7, 11) is -16.1. The zero-order valence-electron chi connectivity index (χ0n) is 80.4. The molecule has 8 aliphatic rings. The Hall–Kier alpha value is -15.4. The van der Waals surface area contributed by atoms with Gasteiger partial charge < -0.3 is 22.8 Å². The Balaban J connectivity index is 0.0000000986. The van der Waals surface area contributed by atoms with Gasteiger partial charge in [-0.25, -0.2) is 0 Å². The van der Waals surface area contributed by atoms with Gasteiger partial charge in [0.25, 0.3) is 0 Å². The topological polar surface area (TPSA) is 85.3 Å². The molecule has 0 fully saturated rings. The number of fused-ring (bicyclic) bond motifs is 30. The highest BCUT2D eigenvalue weighted by Crippen LogP contribution is 2.69. The van der Waals surface area contributed by atoms with Gasteiger partial charge in [-0.05, 0) is 145 Å². The average molecular weight is 1950 g/mol. The smallest absolute Gasteiger partial charge is 0.243 e. The van der Waals surface area contributed by atoms with E-state index in [1.807, 2.05) is 237 Å². The summed E-state index contributed by atoms with van der Waals surface area (Å²) < 4.78 is 78.6. The third kappa shape index (κ3) is 13.3. The predicted octanol–water partition coefficient (Wildman–Crippen LogP) is 25.9. The van der Waals surface area contributed by atoms with E-state index in [1.54, 1.807) is 0 Å². The Bertz CT molecular complexity index is 9380. The summed E-state index contributed by atoms with van der Waals surface area (Å²) >= 11 is 0. The van der Waals surface area contributed by atoms with E-state index in [9.17, 15) is 0 Å². The number of allylic oxidation sites excluding steroid dienone is 2. The standard InChI is InChI=1S/C36H24O2P2.2C33H25OP.C32H22BOP/c37-39(26-14-3-1-4-15-26)32-22-12-10-20-30(32)36-35(34-28-18-8-7-13-25(28)23-24-33(34)39)29-19-9-11-21-31(29)40(36,38)27-16-5-2-6-17-27;1-33(2)27-18-10-8-16-25(27)30-26-17-9-11-19-28(26)35(34,23-13-4-3-5-14-23)29-21-20-22-12-6-7-15-24(22)31(29)32(30)33;1-33(2)27-18-10-8-16-25(27)31-30-24-15-7-6-12-22(24)20-21-29(30)35(34,23-13-4-3-5-14-23)28-19-11-9-17-26(28)32(31)33;34-35(24-15-5-2-6-16-24)29-21-11-8-18-26(29)31-25-17-7-10-20-28(25)33(23-13-3-1-4-14-23)32(31)27-19-9-12-22-30(27)35/h1-24H;2*3-21H,1-2H3;1-22H. The monoisotopic (exact) mass is 1950 g/mol. The second-order valence-corrected chi connectivity index (χ2v) is 53.1. The molecule has 0 aromatic heterocycles. The molecule has 0 bridgehead atoms. The van der Waals surface area contributed by atoms with Gasteiger partial charge in [0.2, 0.25) is 6.71 Å². The van der Waals surface area contributed by atoms with Gasteiger partial charge in [0, 0.05) is 107 Å². The van der Waals surface area contributed by atoms with Crippen molar-refractivity contribution in [2.24, 2.45) is 0 Å². The molecule has 0 N–H and O–H groups in total. The molecule has 5 nitrogen and oxygen atoms in total. The van der Waals surface area contributed by atoms with Crippen LogP contribution in [0.2, 0.25) is 0 Å². The van der Waals surface area contributed by atoms with Gasteiger partial charge in [0.15, 0.2) is 35.7 Å². The molecule has 0 saturated heterocycles. The molecular formula is C134H96BO5P5. The minimum atomic E-state index is -3.37. The maximum Gasteiger partial charge on any atom is 0.243 e. The van der Waals surface area contributed by atoms with Crippen molar-refractivity contribution < 1.29 is 22.8 Å². The average Bonchev–Trinajstić information content (AvgIpc) is 1.53. The van der Waals surface area contributed by atoms with Crippen LogP contribution in [0.1, 0.15) is 106 Å². The fourth-order valence-corrected chi connectivity index (χ4v) is 40.9. The largest absolute Gasteiger partial charge is 0.309 e. The Labute approximate surface area is 846 Å². The molecule has 6 aliphatic heterocycles. The fraction of sp³-hybridized carbons (Fsp3) is 0.0448. The second-order valence-electron chi connectivity index (χ2n) is 39.7. The Morgan fingerprint density at radius 1 is 0.186 bits per heavy atom. The summed E-state index contributed by atoms with van der Waals surface area (Å²) in [5, 5.41) is 19.8. The minimum absolute atomic E-state index is 0.0823. The molecule has 0 saturated carbocycles. The van der Waals surface area contributed by atoms with E-state index < -0.39 is 35.7 Å². The van der Waals surface area contributed by atoms with Crippen LogP contribution in [0, 0.1) is 0 Å². The quantitative estimate of drug-likeness (QED) is 0.122. The van der Waals surface area contributed by atoms with Crippen LogP contribution in [-0.2, 0) is 33.7 Å². The van der Waals surface area contributed by atoms with Crippen molar-refractivity contribution in [1.82, 2.24) is 0 Å². The Morgan fingerprint density at radius 3 is 0.910 bits per heavy atom. The van der Waals surface area contributed by atoms with Gasteiger partial charge in [-0.1, -0.05) is 535 Å². The van der Waals surface area contributed by atoms with Gasteiger partial charge >= 0.3 is 0 Å². The van der Waals surface area contributed by atoms with Crippen LogP contribution in [0.15, 0.2) is 510 Å². The van der Waals surface area contributed by atoms with Gasteiger partial charge in [0.1, 0.15) is 0 Å². The van der Waals surface area contributed by atoms with Crippen LogP contribution >= 0.6 is 35.7 Å². The van der Waals surface area contributed by atoms with Crippen molar-refractivity contribution in [2.45, 2.75) is 38.5 Å². The minimum Gasteiger partial charge on any atom is -0.309 e. The lowest BCUT2D eigenvalue weighted by atomic mass is 9.37. The normalized spacial score (nSPS) is 19.4. The molecule has 0 amide bonds. The van der Waals surface area contributed by atoms with Gasteiger partial charge in [0.05, 0.1) is 0 Å². The van der Waals surface area contributed by atoms with Crippen molar-refractivity contribution in [2.75, 3.05) is 0 Å². The highest BCUT2D eigenvalue weighted by molar-refractivity contribution is 7.90. The van der Waals surface area contributed by atoms with Crippen LogP contribution < -0.4 is 85.2 Å². The molecule has 0 spiro atoms. The summed E-state index contributed by atoms with van der Waals surface area (Å²) in [4.78, 5) is 0. The summed E-state index contributed by atoms with van der Waals surface area (Å²) in [5.74, 6) is 0. The van der Waals surface area contributed by atoms with Crippen LogP contribution in [-0.4, -0.2) is 6.71 Å². The van der Waals surface area contributed by atoms with Gasteiger partial charge in [-0.15, -0.1) is 0 Å². The first-order valence-corrected chi connectivity index (χ1v) is 58.3. The first-order valence-electron chi connectivity index (χ1n) is 49.8. The van der Waals surface area contributed by atoms with Crippen molar-refractivity contribution in [3.63, 3.8) is 0 Å². The molecule has 0 radical (unpaired) electrons. The molecule has 145 heavy (non-hydrogen) atoms. The van der Waals surface area contributed by atoms with Crippen LogP contribution in [0.5, 0.6) is 0 Å². The predicted molar refractivity (Wildman–Crippen MR) is 616 cm³/mol. The van der Waals surface area contributed by atoms with Crippen LogP contribution in [0.4, 0.5) is 0 Å². The molecule has 21 aromatic rings. The van der Waals surface area contributed by atoms with Crippen molar-refractivity contribution in [3.8, 4) is 0 Å². The highest BCUT2D eigenvalue weighted by Gasteiger charge is 2.54. The van der Waals surface area contributed by atoms with Crippen molar-refractivity contribution in [3.05, 3.63) is 587 Å². The van der Waals surface area contributed by atoms with E-state index in [-0.39, 0.29) is 17.5 Å². The third-order valence-corrected chi connectivity index (χ3v) is 47.2. The number of hydrogen-bond acceptors (Lipinski definition) is 5. The van der Waals surface area contributed by atoms with E-state index in [4.69, 9.17) is 0 Å². The maximum absolute atomic E-state index is 15.9. The number of benzene rings is 21. The highest BCUT2D eigenvalue weighted by atomic mass is 31.2. The van der Waals surface area contributed by atoms with E-state index in [1.165, 1.54) is 88.2 Å². The number of rotatable bonds is 6. The SMILES string of the molecule is CC1(C)C2=C(c3ccccc31)c1c(ccc3ccccc13)P(=O)(c1ccccc1)c1ccccc12.CC1(C)C2=C(c3ccccc31)c1ccccc1P(=O)(c1ccccc1)c1ccc3ccccc3c12.O=P1(c2ccccc2)C2=C(c3ccccc31)c1c(ccc3ccccc13)P(=O)(c1ccccc1)c1ccccc12.O=P1(c2ccccc2)c2ccccc2C2=C(c3ccccc3B2c2ccccc2)c2ccccc21. The van der Waals surface area contributed by atoms with Gasteiger partial charge in [-0.2, -0.15) is 0 Å². The van der Waals surface area contributed by atoms with Gasteiger partial charge in [-0.3, -0.25) is 0 Å². The first kappa shape index (κ1) is 89.7. The summed E-state index contributed by atoms with van der Waals surface area (Å²) in [6, 6.07) is 174. The Morgan fingerprint density at radius 2 is 0.462 bits per heavy atom. The molecule has 5 atom stereocenters. The third-order valence-electron chi connectivity index (χ3n) is 31.4. The Kier molecular flexibility index (Phi) is 21.5. The molecule has 690 valence electrons. The molecule has 29 rings (SSSR count). The van der Waals surface area contributed by atoms with Crippen molar-refractivity contribution >= 4 is 204 Å². The maximum atomic E-state index is 15.9. The fourth-order valence-electron chi connectivity index (χ4n) is 25.3. The summed E-state index contributed by atoms with van der Waals surface area (Å²) in [6.07, 6.45) is 0. The van der Waals surface area contributed by atoms with E-state index >= 15 is 22.8 Å². The van der Waals surface area contributed by atoms with E-state index in [0.717, 1.165) is 151 Å². The zero-order valence-corrected chi connectivity index (χ0v) is 84.8. The molecule has 2 aliphatic carbocycles. The molecule has 11 heteroatoms.